The van der Waals surface area contributed by atoms with Crippen molar-refractivity contribution in [2.75, 3.05) is 26.3 Å². The van der Waals surface area contributed by atoms with Gasteiger partial charge in [0.25, 0.3) is 0 Å². The Bertz CT molecular complexity index is 368. The first-order valence-corrected chi connectivity index (χ1v) is 18.3. The highest BCUT2D eigenvalue weighted by Gasteiger charge is 1.97. The van der Waals surface area contributed by atoms with Gasteiger partial charge in [-0.05, 0) is 38.8 Å². The van der Waals surface area contributed by atoms with E-state index in [0.29, 0.717) is 13.2 Å². The van der Waals surface area contributed by atoms with Crippen LogP contribution in [0.2, 0.25) is 0 Å². The maximum absolute atomic E-state index is 8.78. The molecule has 0 unspecified atom stereocenters. The molecule has 0 radical (unpaired) electrons. The molecule has 3 N–H and O–H groups in total. The van der Waals surface area contributed by atoms with Crippen molar-refractivity contribution in [3.8, 4) is 0 Å². The van der Waals surface area contributed by atoms with E-state index < -0.39 is 0 Å². The fraction of sp³-hybridized carbons (Fsp3) is 1.00. The summed E-state index contributed by atoms with van der Waals surface area (Å²) >= 11 is 0. The number of aliphatic hydroxyl groups excluding tert-OH is 2. The molecule has 0 rings (SSSR count). The molecule has 0 aromatic heterocycles. The first-order valence-electron chi connectivity index (χ1n) is 18.3. The lowest BCUT2D eigenvalue weighted by atomic mass is 10.0. The van der Waals surface area contributed by atoms with Crippen molar-refractivity contribution in [3.63, 3.8) is 0 Å². The van der Waals surface area contributed by atoms with Crippen molar-refractivity contribution in [2.24, 2.45) is 0 Å². The van der Waals surface area contributed by atoms with E-state index in [1.54, 1.807) is 0 Å². The summed E-state index contributed by atoms with van der Waals surface area (Å²) in [6.45, 7) is 3.18. The van der Waals surface area contributed by atoms with Crippen LogP contribution in [-0.4, -0.2) is 36.5 Å². The number of rotatable bonds is 36. The summed E-state index contributed by atoms with van der Waals surface area (Å²) in [4.78, 5) is 0. The van der Waals surface area contributed by atoms with E-state index in [2.05, 4.69) is 5.32 Å². The summed E-state index contributed by atoms with van der Waals surface area (Å²) in [5.74, 6) is 0. The van der Waals surface area contributed by atoms with Gasteiger partial charge < -0.3 is 15.5 Å². The maximum Gasteiger partial charge on any atom is 0.0431 e. The number of aliphatic hydroxyl groups is 2. The van der Waals surface area contributed by atoms with Gasteiger partial charge in [-0.25, -0.2) is 0 Å². The van der Waals surface area contributed by atoms with Crippen LogP contribution in [0, 0.1) is 0 Å². The summed E-state index contributed by atoms with van der Waals surface area (Å²) in [7, 11) is 0. The lowest BCUT2D eigenvalue weighted by molar-refractivity contribution is 0.282. The first-order chi connectivity index (χ1) is 19.4. The van der Waals surface area contributed by atoms with Gasteiger partial charge in [0.15, 0.2) is 0 Å². The van der Waals surface area contributed by atoms with E-state index in [1.165, 1.54) is 206 Å². The molecule has 0 heterocycles. The van der Waals surface area contributed by atoms with Crippen LogP contribution in [0.5, 0.6) is 0 Å². The average molecular weight is 554 g/mol. The Morgan fingerprint density at radius 2 is 0.359 bits per heavy atom. The molecule has 0 amide bonds. The number of nitrogens with one attached hydrogen (secondary N) is 1. The van der Waals surface area contributed by atoms with Crippen molar-refractivity contribution in [3.05, 3.63) is 0 Å². The molecule has 236 valence electrons. The predicted molar refractivity (Wildman–Crippen MR) is 175 cm³/mol. The Morgan fingerprint density at radius 1 is 0.205 bits per heavy atom. The average Bonchev–Trinajstić information content (AvgIpc) is 2.95. The molecule has 0 saturated carbocycles. The molecule has 0 aliphatic carbocycles. The molecule has 0 fully saturated rings. The van der Waals surface area contributed by atoms with Gasteiger partial charge in [-0.15, -0.1) is 0 Å². The lowest BCUT2D eigenvalue weighted by Gasteiger charge is -2.06. The molecule has 3 heteroatoms. The van der Waals surface area contributed by atoms with Crippen LogP contribution in [0.4, 0.5) is 0 Å². The topological polar surface area (TPSA) is 52.5 Å². The van der Waals surface area contributed by atoms with Crippen molar-refractivity contribution >= 4 is 0 Å². The molecule has 0 saturated heterocycles. The van der Waals surface area contributed by atoms with Crippen LogP contribution in [-0.2, 0) is 0 Å². The maximum atomic E-state index is 8.78. The standard InChI is InChI=1S/C36H75NO2/c38-35-31-27-23-19-15-12-10-8-6-4-2-1-3-5-7-9-11-13-17-21-25-29-33-37-34-30-26-22-18-14-16-20-24-28-32-36-39/h37-39H,1-36H2. The molecule has 0 aromatic carbocycles. The minimum atomic E-state index is 0.366. The second kappa shape index (κ2) is 37.9. The molecular weight excluding hydrogens is 478 g/mol. The molecule has 3 nitrogen and oxygen atoms in total. The highest BCUT2D eigenvalue weighted by molar-refractivity contribution is 4.54. The molecule has 39 heavy (non-hydrogen) atoms. The second-order valence-corrected chi connectivity index (χ2v) is 12.5. The Kier molecular flexibility index (Phi) is 37.8. The van der Waals surface area contributed by atoms with Gasteiger partial charge >= 0.3 is 0 Å². The van der Waals surface area contributed by atoms with E-state index in [9.17, 15) is 0 Å². The largest absolute Gasteiger partial charge is 0.396 e. The molecule has 0 bridgehead atoms. The third-order valence-corrected chi connectivity index (χ3v) is 8.52. The fourth-order valence-electron chi connectivity index (χ4n) is 5.80. The smallest absolute Gasteiger partial charge is 0.0431 e. The van der Waals surface area contributed by atoms with Crippen LogP contribution < -0.4 is 5.32 Å². The minimum Gasteiger partial charge on any atom is -0.396 e. The third kappa shape index (κ3) is 37.9. The SMILES string of the molecule is OCCCCCCCCCCCCCCCCCCCCCCCCNCCCCCCCCCCCCO. The van der Waals surface area contributed by atoms with Crippen molar-refractivity contribution < 1.29 is 10.2 Å². The third-order valence-electron chi connectivity index (χ3n) is 8.52. The summed E-state index contributed by atoms with van der Waals surface area (Å²) in [5, 5.41) is 21.2. The Labute approximate surface area is 247 Å². The molecule has 0 aliphatic rings. The minimum absolute atomic E-state index is 0.366. The Balaban J connectivity index is 3.01. The van der Waals surface area contributed by atoms with Crippen LogP contribution in [0.25, 0.3) is 0 Å². The van der Waals surface area contributed by atoms with Gasteiger partial charge in [-0.3, -0.25) is 0 Å². The molecular formula is C36H75NO2. The predicted octanol–water partition coefficient (Wildman–Crippen LogP) is 11.0. The van der Waals surface area contributed by atoms with Crippen LogP contribution in [0.15, 0.2) is 0 Å². The lowest BCUT2D eigenvalue weighted by Crippen LogP contribution is -2.16. The van der Waals surface area contributed by atoms with Gasteiger partial charge in [-0.1, -0.05) is 180 Å². The zero-order valence-electron chi connectivity index (χ0n) is 26.9. The number of hydrogen-bond acceptors (Lipinski definition) is 3. The van der Waals surface area contributed by atoms with E-state index in [1.807, 2.05) is 0 Å². The number of unbranched alkanes of at least 4 members (excludes halogenated alkanes) is 30. The highest BCUT2D eigenvalue weighted by Crippen LogP contribution is 2.15. The fourth-order valence-corrected chi connectivity index (χ4v) is 5.80. The van der Waals surface area contributed by atoms with Crippen molar-refractivity contribution in [1.29, 1.82) is 0 Å². The van der Waals surface area contributed by atoms with Crippen LogP contribution in [0.3, 0.4) is 0 Å². The van der Waals surface area contributed by atoms with Gasteiger partial charge in [0.2, 0.25) is 0 Å². The molecule has 0 aliphatic heterocycles. The van der Waals surface area contributed by atoms with E-state index >= 15 is 0 Å². The van der Waals surface area contributed by atoms with Gasteiger partial charge in [0, 0.05) is 13.2 Å². The van der Waals surface area contributed by atoms with Gasteiger partial charge in [0.1, 0.15) is 0 Å². The normalized spacial score (nSPS) is 11.5. The van der Waals surface area contributed by atoms with Crippen LogP contribution >= 0.6 is 0 Å². The Hall–Kier alpha value is -0.120. The Morgan fingerprint density at radius 3 is 0.538 bits per heavy atom. The van der Waals surface area contributed by atoms with Crippen LogP contribution in [0.1, 0.15) is 205 Å². The van der Waals surface area contributed by atoms with Crippen molar-refractivity contribution in [2.45, 2.75) is 205 Å². The zero-order chi connectivity index (χ0) is 28.2. The molecule has 0 spiro atoms. The molecule has 0 aromatic rings. The van der Waals surface area contributed by atoms with E-state index in [-0.39, 0.29) is 0 Å². The summed E-state index contributed by atoms with van der Waals surface area (Å²) in [6, 6.07) is 0. The highest BCUT2D eigenvalue weighted by atomic mass is 16.3. The summed E-state index contributed by atoms with van der Waals surface area (Å²) < 4.78 is 0. The second-order valence-electron chi connectivity index (χ2n) is 12.5. The summed E-state index contributed by atoms with van der Waals surface area (Å²) in [5.41, 5.74) is 0. The van der Waals surface area contributed by atoms with E-state index in [4.69, 9.17) is 10.2 Å². The van der Waals surface area contributed by atoms with Gasteiger partial charge in [0.05, 0.1) is 0 Å². The van der Waals surface area contributed by atoms with E-state index in [0.717, 1.165) is 12.8 Å². The zero-order valence-corrected chi connectivity index (χ0v) is 26.9. The van der Waals surface area contributed by atoms with Gasteiger partial charge in [-0.2, -0.15) is 0 Å². The quantitative estimate of drug-likeness (QED) is 0.0676. The monoisotopic (exact) mass is 554 g/mol. The molecule has 0 atom stereocenters. The van der Waals surface area contributed by atoms with Crippen molar-refractivity contribution in [1.82, 2.24) is 5.32 Å². The first kappa shape index (κ1) is 38.9. The number of hydrogen-bond donors (Lipinski definition) is 3. The summed E-state index contributed by atoms with van der Waals surface area (Å²) in [6.07, 6.45) is 44.1.